The van der Waals surface area contributed by atoms with Gasteiger partial charge in [0.25, 0.3) is 0 Å². The Labute approximate surface area is 145 Å². The molecule has 132 valence electrons. The molecule has 2 fully saturated rings. The first-order valence-electron chi connectivity index (χ1n) is 9.49. The zero-order chi connectivity index (χ0) is 16.8. The molecule has 1 aromatic rings. The maximum absolute atomic E-state index is 12.2. The van der Waals surface area contributed by atoms with E-state index in [0.29, 0.717) is 0 Å². The Hall–Kier alpha value is -1.39. The third-order valence-corrected chi connectivity index (χ3v) is 5.55. The maximum Gasteiger partial charge on any atom is 0.223 e. The lowest BCUT2D eigenvalue weighted by Crippen LogP contribution is -2.48. The Morgan fingerprint density at radius 1 is 1.08 bits per heavy atom. The molecule has 1 aromatic carbocycles. The number of rotatable bonds is 5. The molecule has 3 rings (SSSR count). The van der Waals surface area contributed by atoms with Gasteiger partial charge in [0.15, 0.2) is 0 Å². The Kier molecular flexibility index (Phi) is 6.27. The molecule has 0 radical (unpaired) electrons. The number of hydrogen-bond donors (Lipinski definition) is 2. The summed E-state index contributed by atoms with van der Waals surface area (Å²) < 4.78 is 0. The SMILES string of the molecule is O=C(CC(O)c1ccccc1)NC1CCN(C2CCCCC2)CC1. The lowest BCUT2D eigenvalue weighted by molar-refractivity contribution is -0.124. The summed E-state index contributed by atoms with van der Waals surface area (Å²) in [6.07, 6.45) is 8.33. The van der Waals surface area contributed by atoms with Crippen molar-refractivity contribution in [3.05, 3.63) is 35.9 Å². The van der Waals surface area contributed by atoms with Crippen molar-refractivity contribution in [1.82, 2.24) is 10.2 Å². The van der Waals surface area contributed by atoms with Crippen molar-refractivity contribution >= 4 is 5.91 Å². The standard InChI is InChI=1S/C20H30N2O2/c23-19(16-7-3-1-4-8-16)15-20(24)21-17-11-13-22(14-12-17)18-9-5-2-6-10-18/h1,3-4,7-8,17-19,23H,2,5-6,9-15H2,(H,21,24). The van der Waals surface area contributed by atoms with Gasteiger partial charge in [-0.15, -0.1) is 0 Å². The second kappa shape index (κ2) is 8.63. The predicted octanol–water partition coefficient (Wildman–Crippen LogP) is 3.02. The summed E-state index contributed by atoms with van der Waals surface area (Å²) in [6, 6.07) is 10.4. The number of aliphatic hydroxyl groups is 1. The molecular formula is C20H30N2O2. The lowest BCUT2D eigenvalue weighted by atomic mass is 9.92. The van der Waals surface area contributed by atoms with Crippen molar-refractivity contribution in [2.75, 3.05) is 13.1 Å². The minimum Gasteiger partial charge on any atom is -0.388 e. The molecule has 24 heavy (non-hydrogen) atoms. The van der Waals surface area contributed by atoms with E-state index in [9.17, 15) is 9.90 Å². The van der Waals surface area contributed by atoms with Crippen molar-refractivity contribution < 1.29 is 9.90 Å². The van der Waals surface area contributed by atoms with Gasteiger partial charge in [-0.25, -0.2) is 0 Å². The van der Waals surface area contributed by atoms with Crippen LogP contribution in [0.4, 0.5) is 0 Å². The van der Waals surface area contributed by atoms with Gasteiger partial charge in [-0.05, 0) is 31.2 Å². The number of piperidine rings is 1. The molecule has 1 amide bonds. The summed E-state index contributed by atoms with van der Waals surface area (Å²) in [7, 11) is 0. The van der Waals surface area contributed by atoms with E-state index in [0.717, 1.165) is 37.5 Å². The van der Waals surface area contributed by atoms with Crippen LogP contribution in [0.5, 0.6) is 0 Å². The summed E-state index contributed by atoms with van der Waals surface area (Å²) in [4.78, 5) is 14.8. The molecule has 1 aliphatic carbocycles. The smallest absolute Gasteiger partial charge is 0.223 e. The van der Waals surface area contributed by atoms with Crippen LogP contribution in [0.25, 0.3) is 0 Å². The van der Waals surface area contributed by atoms with Crippen LogP contribution in [0, 0.1) is 0 Å². The molecule has 2 N–H and O–H groups in total. The summed E-state index contributed by atoms with van der Waals surface area (Å²) in [5, 5.41) is 13.3. The molecule has 0 spiro atoms. The van der Waals surface area contributed by atoms with Crippen molar-refractivity contribution in [1.29, 1.82) is 0 Å². The van der Waals surface area contributed by atoms with E-state index in [2.05, 4.69) is 10.2 Å². The van der Waals surface area contributed by atoms with Gasteiger partial charge in [-0.2, -0.15) is 0 Å². The van der Waals surface area contributed by atoms with Gasteiger partial charge in [0.1, 0.15) is 0 Å². The Balaban J connectivity index is 1.40. The zero-order valence-electron chi connectivity index (χ0n) is 14.5. The number of hydrogen-bond acceptors (Lipinski definition) is 3. The average molecular weight is 330 g/mol. The minimum atomic E-state index is -0.714. The molecule has 1 atom stereocenters. The Bertz CT molecular complexity index is 506. The van der Waals surface area contributed by atoms with Crippen molar-refractivity contribution in [3.63, 3.8) is 0 Å². The monoisotopic (exact) mass is 330 g/mol. The highest BCUT2D eigenvalue weighted by atomic mass is 16.3. The number of aliphatic hydroxyl groups excluding tert-OH is 1. The minimum absolute atomic E-state index is 0.0394. The zero-order valence-corrected chi connectivity index (χ0v) is 14.5. The second-order valence-electron chi connectivity index (χ2n) is 7.30. The van der Waals surface area contributed by atoms with Crippen LogP contribution >= 0.6 is 0 Å². The van der Waals surface area contributed by atoms with Gasteiger partial charge in [-0.1, -0.05) is 49.6 Å². The average Bonchev–Trinajstić information content (AvgIpc) is 2.64. The maximum atomic E-state index is 12.2. The van der Waals surface area contributed by atoms with Crippen LogP contribution in [0.2, 0.25) is 0 Å². The van der Waals surface area contributed by atoms with E-state index >= 15 is 0 Å². The van der Waals surface area contributed by atoms with E-state index in [1.807, 2.05) is 30.3 Å². The molecule has 0 aromatic heterocycles. The number of benzene rings is 1. The number of carbonyl (C=O) groups is 1. The van der Waals surface area contributed by atoms with Crippen LogP contribution in [0.15, 0.2) is 30.3 Å². The van der Waals surface area contributed by atoms with Gasteiger partial charge >= 0.3 is 0 Å². The largest absolute Gasteiger partial charge is 0.388 e. The number of likely N-dealkylation sites (tertiary alicyclic amines) is 1. The summed E-state index contributed by atoms with van der Waals surface area (Å²) >= 11 is 0. The van der Waals surface area contributed by atoms with Gasteiger partial charge in [0.2, 0.25) is 5.91 Å². The molecule has 1 heterocycles. The Morgan fingerprint density at radius 3 is 2.42 bits per heavy atom. The lowest BCUT2D eigenvalue weighted by Gasteiger charge is -2.39. The van der Waals surface area contributed by atoms with Crippen LogP contribution in [0.3, 0.4) is 0 Å². The van der Waals surface area contributed by atoms with Crippen LogP contribution in [-0.2, 0) is 4.79 Å². The molecule has 4 nitrogen and oxygen atoms in total. The molecule has 1 unspecified atom stereocenters. The highest BCUT2D eigenvalue weighted by molar-refractivity contribution is 5.77. The van der Waals surface area contributed by atoms with Crippen LogP contribution < -0.4 is 5.32 Å². The first-order chi connectivity index (χ1) is 11.7. The quantitative estimate of drug-likeness (QED) is 0.872. The first-order valence-corrected chi connectivity index (χ1v) is 9.49. The predicted molar refractivity (Wildman–Crippen MR) is 95.6 cm³/mol. The van der Waals surface area contributed by atoms with E-state index < -0.39 is 6.10 Å². The molecule has 1 saturated heterocycles. The van der Waals surface area contributed by atoms with Crippen molar-refractivity contribution in [2.24, 2.45) is 0 Å². The van der Waals surface area contributed by atoms with Crippen molar-refractivity contribution in [3.8, 4) is 0 Å². The van der Waals surface area contributed by atoms with Crippen LogP contribution in [0.1, 0.15) is 63.0 Å². The molecule has 1 aliphatic heterocycles. The molecular weight excluding hydrogens is 300 g/mol. The number of nitrogens with zero attached hydrogens (tertiary/aromatic N) is 1. The molecule has 0 bridgehead atoms. The van der Waals surface area contributed by atoms with Gasteiger partial charge in [-0.3, -0.25) is 4.79 Å². The highest BCUT2D eigenvalue weighted by Gasteiger charge is 2.27. The van der Waals surface area contributed by atoms with E-state index in [1.54, 1.807) is 0 Å². The summed E-state index contributed by atoms with van der Waals surface area (Å²) in [5.41, 5.74) is 0.805. The molecule has 1 saturated carbocycles. The third kappa shape index (κ3) is 4.81. The second-order valence-corrected chi connectivity index (χ2v) is 7.30. The van der Waals surface area contributed by atoms with Gasteiger partial charge < -0.3 is 15.3 Å². The number of amides is 1. The molecule has 2 aliphatic rings. The fourth-order valence-corrected chi connectivity index (χ4v) is 4.11. The topological polar surface area (TPSA) is 52.6 Å². The van der Waals surface area contributed by atoms with Crippen LogP contribution in [-0.4, -0.2) is 41.1 Å². The van der Waals surface area contributed by atoms with E-state index in [1.165, 1.54) is 32.1 Å². The first kappa shape index (κ1) is 17.4. The fraction of sp³-hybridized carbons (Fsp3) is 0.650. The molecule has 4 heteroatoms. The van der Waals surface area contributed by atoms with E-state index in [-0.39, 0.29) is 18.4 Å². The number of nitrogens with one attached hydrogen (secondary N) is 1. The Morgan fingerprint density at radius 2 is 1.75 bits per heavy atom. The van der Waals surface area contributed by atoms with Crippen molar-refractivity contribution in [2.45, 2.75) is 69.6 Å². The fourth-order valence-electron chi connectivity index (χ4n) is 4.11. The number of carbonyl (C=O) groups excluding carboxylic acids is 1. The van der Waals surface area contributed by atoms with E-state index in [4.69, 9.17) is 0 Å². The highest BCUT2D eigenvalue weighted by Crippen LogP contribution is 2.25. The summed E-state index contributed by atoms with van der Waals surface area (Å²) in [6.45, 7) is 2.19. The normalized spacial score (nSPS) is 22.2. The third-order valence-electron chi connectivity index (χ3n) is 5.55. The van der Waals surface area contributed by atoms with Gasteiger partial charge in [0, 0.05) is 25.2 Å². The summed E-state index contributed by atoms with van der Waals surface area (Å²) in [5.74, 6) is -0.0394. The van der Waals surface area contributed by atoms with Gasteiger partial charge in [0.05, 0.1) is 12.5 Å².